The molecule has 1 N–H and O–H groups in total. The summed E-state index contributed by atoms with van der Waals surface area (Å²) >= 11 is 1.33. The summed E-state index contributed by atoms with van der Waals surface area (Å²) in [5, 5.41) is 5.10. The summed E-state index contributed by atoms with van der Waals surface area (Å²) in [6, 6.07) is 10.9. The van der Waals surface area contributed by atoms with E-state index >= 15 is 0 Å². The molecule has 0 aliphatic rings. The molecule has 1 aromatic heterocycles. The number of hydrogen-bond donors (Lipinski definition) is 1. The zero-order valence-electron chi connectivity index (χ0n) is 16.9. The fraction of sp³-hybridized carbons (Fsp3) is 0.273. The van der Waals surface area contributed by atoms with Crippen LogP contribution in [0.25, 0.3) is 11.3 Å². The van der Waals surface area contributed by atoms with Crippen molar-refractivity contribution >= 4 is 32.2 Å². The number of amides is 1. The first-order valence-electron chi connectivity index (χ1n) is 9.29. The number of carbonyl (C=O) groups is 1. The van der Waals surface area contributed by atoms with Crippen LogP contribution in [0.4, 0.5) is 5.13 Å². The highest BCUT2D eigenvalue weighted by atomic mass is 32.2. The van der Waals surface area contributed by atoms with Crippen LogP contribution in [0.1, 0.15) is 28.7 Å². The molecule has 0 saturated carbocycles. The maximum Gasteiger partial charge on any atom is 0.227 e. The minimum absolute atomic E-state index is 0.117. The number of hydrogen-bond acceptors (Lipinski definition) is 5. The molecule has 0 fully saturated rings. The number of thiazole rings is 1. The van der Waals surface area contributed by atoms with Crippen LogP contribution >= 0.6 is 11.3 Å². The summed E-state index contributed by atoms with van der Waals surface area (Å²) in [5.74, 6) is -0.602. The Morgan fingerprint density at radius 1 is 1.00 bits per heavy atom. The Labute approximate surface area is 175 Å². The molecule has 0 saturated heterocycles. The van der Waals surface area contributed by atoms with E-state index in [0.29, 0.717) is 5.13 Å². The molecule has 1 amide bonds. The third kappa shape index (κ3) is 5.10. The van der Waals surface area contributed by atoms with E-state index in [-0.39, 0.29) is 23.0 Å². The van der Waals surface area contributed by atoms with Crippen molar-refractivity contribution in [3.63, 3.8) is 0 Å². The molecule has 2 aromatic carbocycles. The summed E-state index contributed by atoms with van der Waals surface area (Å²) in [5.41, 5.74) is 6.33. The lowest BCUT2D eigenvalue weighted by Gasteiger charge is -2.08. The van der Waals surface area contributed by atoms with Crippen LogP contribution in [0.15, 0.2) is 46.7 Å². The first kappa shape index (κ1) is 21.2. The predicted octanol–water partition coefficient (Wildman–Crippen LogP) is 4.85. The minimum atomic E-state index is -3.50. The molecular formula is C22H24N2O3S2. The van der Waals surface area contributed by atoms with Gasteiger partial charge in [0.05, 0.1) is 16.3 Å². The van der Waals surface area contributed by atoms with Crippen LogP contribution in [0.3, 0.4) is 0 Å². The highest BCUT2D eigenvalue weighted by Crippen LogP contribution is 2.31. The van der Waals surface area contributed by atoms with E-state index in [1.54, 1.807) is 24.3 Å². The fourth-order valence-corrected chi connectivity index (χ4v) is 5.26. The second-order valence-electron chi connectivity index (χ2n) is 7.24. The maximum atomic E-state index is 12.4. The van der Waals surface area contributed by atoms with Gasteiger partial charge in [-0.25, -0.2) is 13.4 Å². The van der Waals surface area contributed by atoms with E-state index in [0.717, 1.165) is 27.9 Å². The molecule has 3 rings (SSSR count). The first-order chi connectivity index (χ1) is 13.7. The van der Waals surface area contributed by atoms with Gasteiger partial charge in [0.1, 0.15) is 0 Å². The monoisotopic (exact) mass is 428 g/mol. The number of nitrogens with zero attached hydrogens (tertiary/aromatic N) is 1. The number of benzene rings is 2. The van der Waals surface area contributed by atoms with Crippen LogP contribution in [0.5, 0.6) is 0 Å². The number of carbonyl (C=O) groups excluding carboxylic acids is 1. The summed E-state index contributed by atoms with van der Waals surface area (Å²) in [4.78, 5) is 17.0. The van der Waals surface area contributed by atoms with E-state index in [4.69, 9.17) is 0 Å². The van der Waals surface area contributed by atoms with Crippen LogP contribution in [0.2, 0.25) is 0 Å². The molecule has 5 nitrogen and oxygen atoms in total. The third-order valence-electron chi connectivity index (χ3n) is 4.66. The van der Waals surface area contributed by atoms with Gasteiger partial charge < -0.3 is 5.32 Å². The van der Waals surface area contributed by atoms with Crippen molar-refractivity contribution in [1.29, 1.82) is 0 Å². The van der Waals surface area contributed by atoms with Gasteiger partial charge in [-0.2, -0.15) is 0 Å². The van der Waals surface area contributed by atoms with Crippen LogP contribution < -0.4 is 5.32 Å². The number of aryl methyl sites for hydroxylation is 4. The standard InChI is InChI=1S/C22H24N2O3S2/c1-14-5-7-18(8-6-14)29(26,27)10-9-20(25)24-22-23-19(13-28-22)21-16(3)11-15(2)12-17(21)4/h5-8,11-13H,9-10H2,1-4H3,(H,23,24,25). The second-order valence-corrected chi connectivity index (χ2v) is 10.2. The first-order valence-corrected chi connectivity index (χ1v) is 11.8. The zero-order chi connectivity index (χ0) is 21.2. The Morgan fingerprint density at radius 3 is 2.24 bits per heavy atom. The highest BCUT2D eigenvalue weighted by molar-refractivity contribution is 7.91. The molecule has 0 bridgehead atoms. The van der Waals surface area contributed by atoms with E-state index < -0.39 is 9.84 Å². The van der Waals surface area contributed by atoms with Gasteiger partial charge in [-0.05, 0) is 51.0 Å². The van der Waals surface area contributed by atoms with Gasteiger partial charge >= 0.3 is 0 Å². The average molecular weight is 429 g/mol. The smallest absolute Gasteiger partial charge is 0.227 e. The Balaban J connectivity index is 1.66. The molecule has 0 spiro atoms. The Hall–Kier alpha value is -2.51. The molecule has 0 aliphatic heterocycles. The maximum absolute atomic E-state index is 12.4. The summed E-state index contributed by atoms with van der Waals surface area (Å²) in [7, 11) is -3.50. The fourth-order valence-electron chi connectivity index (χ4n) is 3.30. The predicted molar refractivity (Wildman–Crippen MR) is 118 cm³/mol. The van der Waals surface area contributed by atoms with Gasteiger partial charge in [0.15, 0.2) is 15.0 Å². The van der Waals surface area contributed by atoms with E-state index in [1.807, 2.05) is 26.2 Å². The molecule has 0 radical (unpaired) electrons. The molecular weight excluding hydrogens is 404 g/mol. The van der Waals surface area contributed by atoms with Crippen molar-refractivity contribution in [2.45, 2.75) is 39.0 Å². The molecule has 29 heavy (non-hydrogen) atoms. The van der Waals surface area contributed by atoms with Crippen molar-refractivity contribution < 1.29 is 13.2 Å². The summed E-state index contributed by atoms with van der Waals surface area (Å²) in [6.45, 7) is 8.04. The number of rotatable bonds is 6. The number of nitrogens with one attached hydrogen (secondary N) is 1. The van der Waals surface area contributed by atoms with Crippen molar-refractivity contribution in [2.24, 2.45) is 0 Å². The van der Waals surface area contributed by atoms with Gasteiger partial charge in [-0.15, -0.1) is 11.3 Å². The molecule has 0 unspecified atom stereocenters. The molecule has 0 atom stereocenters. The third-order valence-corrected chi connectivity index (χ3v) is 7.15. The molecule has 7 heteroatoms. The molecule has 152 valence electrons. The van der Waals surface area contributed by atoms with Crippen molar-refractivity contribution in [3.8, 4) is 11.3 Å². The van der Waals surface area contributed by atoms with Gasteiger partial charge in [0.2, 0.25) is 5.91 Å². The summed E-state index contributed by atoms with van der Waals surface area (Å²) in [6.07, 6.45) is -0.117. The molecule has 0 aliphatic carbocycles. The molecule has 1 heterocycles. The van der Waals surface area contributed by atoms with Gasteiger partial charge in [0, 0.05) is 17.4 Å². The largest absolute Gasteiger partial charge is 0.302 e. The van der Waals surface area contributed by atoms with Crippen LogP contribution in [-0.2, 0) is 14.6 Å². The van der Waals surface area contributed by atoms with Crippen molar-refractivity contribution in [1.82, 2.24) is 4.98 Å². The number of anilines is 1. The highest BCUT2D eigenvalue weighted by Gasteiger charge is 2.17. The minimum Gasteiger partial charge on any atom is -0.302 e. The normalized spacial score (nSPS) is 11.4. The van der Waals surface area contributed by atoms with E-state index in [2.05, 4.69) is 29.4 Å². The zero-order valence-corrected chi connectivity index (χ0v) is 18.6. The molecule has 3 aromatic rings. The summed E-state index contributed by atoms with van der Waals surface area (Å²) < 4.78 is 24.8. The lowest BCUT2D eigenvalue weighted by Crippen LogP contribution is -2.17. The average Bonchev–Trinajstić information content (AvgIpc) is 3.07. The Kier molecular flexibility index (Phi) is 6.19. The lowest BCUT2D eigenvalue weighted by molar-refractivity contribution is -0.115. The Bertz CT molecular complexity index is 1120. The number of aromatic nitrogens is 1. The van der Waals surface area contributed by atoms with E-state index in [1.165, 1.54) is 16.9 Å². The lowest BCUT2D eigenvalue weighted by atomic mass is 9.98. The van der Waals surface area contributed by atoms with Gasteiger partial charge in [0.25, 0.3) is 0 Å². The van der Waals surface area contributed by atoms with Crippen LogP contribution in [0, 0.1) is 27.7 Å². The van der Waals surface area contributed by atoms with Crippen molar-refractivity contribution in [2.75, 3.05) is 11.1 Å². The topological polar surface area (TPSA) is 76.1 Å². The number of sulfone groups is 1. The van der Waals surface area contributed by atoms with E-state index in [9.17, 15) is 13.2 Å². The van der Waals surface area contributed by atoms with Gasteiger partial charge in [-0.3, -0.25) is 4.79 Å². The van der Waals surface area contributed by atoms with Crippen LogP contribution in [-0.4, -0.2) is 25.1 Å². The van der Waals surface area contributed by atoms with Crippen molar-refractivity contribution in [3.05, 3.63) is 64.0 Å². The second kappa shape index (κ2) is 8.47. The SMILES string of the molecule is Cc1ccc(S(=O)(=O)CCC(=O)Nc2nc(-c3c(C)cc(C)cc3C)cs2)cc1. The van der Waals surface area contributed by atoms with Gasteiger partial charge in [-0.1, -0.05) is 35.4 Å². The quantitative estimate of drug-likeness (QED) is 0.609. The Morgan fingerprint density at radius 2 is 1.62 bits per heavy atom.